The van der Waals surface area contributed by atoms with Crippen molar-refractivity contribution >= 4 is 206 Å². The van der Waals surface area contributed by atoms with Crippen molar-refractivity contribution in [2.24, 2.45) is 0 Å². The summed E-state index contributed by atoms with van der Waals surface area (Å²) in [7, 11) is 0. The van der Waals surface area contributed by atoms with E-state index in [1.54, 1.807) is 36.5 Å². The average Bonchev–Trinajstić information content (AvgIpc) is 1.61. The van der Waals surface area contributed by atoms with Crippen LogP contribution in [0, 0.1) is 80.9 Å². The van der Waals surface area contributed by atoms with E-state index in [0.717, 1.165) is 0 Å². The summed E-state index contributed by atoms with van der Waals surface area (Å²) in [5.74, 6) is 2.39. The fraction of sp³-hybridized carbons (Fsp3) is 0.444. The zero-order valence-corrected chi connectivity index (χ0v) is 76.6. The molecule has 8 bridgehead atoms. The second-order valence-electron chi connectivity index (χ2n) is 28.4. The predicted octanol–water partition coefficient (Wildman–Crippen LogP) is 14.4. The molecule has 0 N–H and O–H groups in total. The first-order valence-corrected chi connectivity index (χ1v) is 47.9. The first-order chi connectivity index (χ1) is 62.0. The summed E-state index contributed by atoms with van der Waals surface area (Å²) in [6.45, 7) is 3.23. The maximum atomic E-state index is 11.7. The van der Waals surface area contributed by atoms with Crippen molar-refractivity contribution in [1.29, 1.82) is 0 Å². The quantitative estimate of drug-likeness (QED) is 0.0112. The Balaban J connectivity index is 0.0000151. The van der Waals surface area contributed by atoms with Crippen molar-refractivity contribution in [3.05, 3.63) is 204 Å². The summed E-state index contributed by atoms with van der Waals surface area (Å²) in [5, 5.41) is 93.7. The van der Waals surface area contributed by atoms with Crippen molar-refractivity contribution in [2.45, 2.75) is 175 Å². The number of rotatable bonds is 56. The fourth-order valence-corrected chi connectivity index (χ4v) is 22.1. The summed E-state index contributed by atoms with van der Waals surface area (Å²) in [4.78, 5) is 170. The van der Waals surface area contributed by atoms with Crippen molar-refractivity contribution in [3.8, 4) is 0 Å². The summed E-state index contributed by atoms with van der Waals surface area (Å²) in [6, 6.07) is 0. The molecule has 0 amide bonds. The van der Waals surface area contributed by atoms with Crippen molar-refractivity contribution in [2.75, 3.05) is 46.0 Å². The van der Waals surface area contributed by atoms with Crippen LogP contribution >= 0.6 is 94.1 Å². The molecule has 0 spiro atoms. The van der Waals surface area contributed by atoms with E-state index in [1.807, 2.05) is 0 Å². The molecule has 2 aliphatic rings. The third-order valence-electron chi connectivity index (χ3n) is 19.1. The van der Waals surface area contributed by atoms with E-state index in [2.05, 4.69) is 39.9 Å². The van der Waals surface area contributed by atoms with Crippen LogP contribution in [0.25, 0.3) is 42.2 Å². The monoisotopic (exact) mass is 1930 g/mol. The van der Waals surface area contributed by atoms with Crippen LogP contribution in [0.3, 0.4) is 0 Å². The van der Waals surface area contributed by atoms with Crippen LogP contribution < -0.4 is 9.97 Å². The number of nitrogens with zero attached hydrogens (tertiary/aromatic N) is 32. The van der Waals surface area contributed by atoms with Gasteiger partial charge in [-0.15, -0.1) is 94.1 Å². The van der Waals surface area contributed by atoms with Gasteiger partial charge >= 0.3 is 69.6 Å². The fourth-order valence-electron chi connectivity index (χ4n) is 12.8. The standard InChI is InChI=1S/C72H80N32O16S8.Mg/c105-97(106)49-33-89(41-73-49)17-1-9-25-121-57-58(122-26-10-2-18-90-34-50(74-42-90)98(107)108)66-81-65(57)85-67-59(123-27-11-3-19-91-35-51(75-43-91)99(109)110)60(124-28-12-4-20-92-36-52(76-44-92)100(111)112)69(82-67)87-71-63(127-31-15-7-23-95-39-55(79-47-95)103(117)118)64(128-32-16-8-24-96-40-56(80-48-96)104(119)120)72(84-71)88-70-62(126-30-14-6-22-94-38-54(78-46-94)102(115)116)61(68(83-70)86-66)125-29-13-5-21-93-37-53(77-45-93)101(113)114;/h33-48H,1-32H2;/q-2;+2. The molecule has 0 radical (unpaired) electrons. The molecule has 0 saturated heterocycles. The minimum Gasteiger partial charge on any atom is -0.358 e. The van der Waals surface area contributed by atoms with Gasteiger partial charge in [0.15, 0.2) is 0 Å². The Kier molecular flexibility index (Phi) is 36.0. The first kappa shape index (κ1) is 96.8. The van der Waals surface area contributed by atoms with E-state index in [0.29, 0.717) is 240 Å². The minimum absolute atomic E-state index is 0. The number of thioether (sulfide) groups is 8. The van der Waals surface area contributed by atoms with Crippen LogP contribution in [0.1, 0.15) is 126 Å². The topological polar surface area (TPSA) is 593 Å². The Morgan fingerprint density at radius 2 is 0.372 bits per heavy atom. The molecular weight excluding hydrogens is 1850 g/mol. The summed E-state index contributed by atoms with van der Waals surface area (Å²) in [6.07, 6.45) is 31.5. The average molecular weight is 1930 g/mol. The molecule has 0 fully saturated rings. The molecule has 0 unspecified atom stereocenters. The molecule has 2 aliphatic heterocycles. The van der Waals surface area contributed by atoms with E-state index < -0.39 is 39.4 Å². The number of aromatic nitrogens is 24. The van der Waals surface area contributed by atoms with Gasteiger partial charge in [0.25, 0.3) is 0 Å². The van der Waals surface area contributed by atoms with E-state index in [1.165, 1.54) is 194 Å². The third-order valence-corrected chi connectivity index (χ3v) is 28.9. The van der Waals surface area contributed by atoms with Crippen LogP contribution in [0.2, 0.25) is 0 Å². The van der Waals surface area contributed by atoms with Crippen LogP contribution in [0.4, 0.5) is 46.5 Å². The van der Waals surface area contributed by atoms with E-state index in [9.17, 15) is 80.9 Å². The van der Waals surface area contributed by atoms with E-state index >= 15 is 0 Å². The van der Waals surface area contributed by atoms with Crippen molar-refractivity contribution in [1.82, 2.24) is 116 Å². The second kappa shape index (κ2) is 47.9. The van der Waals surface area contributed by atoms with Gasteiger partial charge in [-0.3, -0.25) is 0 Å². The molecule has 57 heteroatoms. The van der Waals surface area contributed by atoms with Gasteiger partial charge in [0, 0.05) is 94.5 Å². The third kappa shape index (κ3) is 27.4. The summed E-state index contributed by atoms with van der Waals surface area (Å²) < 4.78 is 13.2. The molecule has 674 valence electrons. The van der Waals surface area contributed by atoms with Gasteiger partial charge in [-0.25, -0.2) is 9.97 Å². The van der Waals surface area contributed by atoms with E-state index in [-0.39, 0.29) is 115 Å². The number of fused-ring (bicyclic) bond motifs is 8. The molecule has 48 nitrogen and oxygen atoms in total. The predicted molar refractivity (Wildman–Crippen MR) is 487 cm³/mol. The summed E-state index contributed by atoms with van der Waals surface area (Å²) in [5.41, 5.74) is 0.949. The molecule has 0 atom stereocenters. The van der Waals surface area contributed by atoms with Crippen LogP contribution in [-0.2, 0) is 52.4 Å². The van der Waals surface area contributed by atoms with E-state index in [4.69, 9.17) is 39.9 Å². The molecule has 129 heavy (non-hydrogen) atoms. The van der Waals surface area contributed by atoms with Crippen LogP contribution in [0.5, 0.6) is 0 Å². The molecule has 11 aromatic rings. The van der Waals surface area contributed by atoms with Crippen LogP contribution in [-0.4, -0.2) is 215 Å². The Labute approximate surface area is 780 Å². The van der Waals surface area contributed by atoms with Gasteiger partial charge in [0.2, 0.25) is 50.6 Å². The first-order valence-electron chi connectivity index (χ1n) is 40.1. The van der Waals surface area contributed by atoms with Gasteiger partial charge in [-0.05, 0) is 228 Å². The van der Waals surface area contributed by atoms with Crippen molar-refractivity contribution in [3.63, 3.8) is 0 Å². The van der Waals surface area contributed by atoms with Gasteiger partial charge < -0.3 is 147 Å². The molecule has 11 aromatic heterocycles. The zero-order chi connectivity index (χ0) is 90.0. The number of imidazole rings is 8. The minimum atomic E-state index is -0.560. The van der Waals surface area contributed by atoms with Gasteiger partial charge in [0.1, 0.15) is 49.6 Å². The Bertz CT molecular complexity index is 5350. The number of hydrogen-bond donors (Lipinski definition) is 0. The maximum Gasteiger partial charge on any atom is 2.00 e. The zero-order valence-electron chi connectivity index (χ0n) is 68.7. The maximum absolute atomic E-state index is 11.7. The molecule has 0 saturated carbocycles. The van der Waals surface area contributed by atoms with Gasteiger partial charge in [0.05, 0.1) is 42.9 Å². The summed E-state index contributed by atoms with van der Waals surface area (Å²) >= 11 is 11.8. The number of hydrogen-bond acceptors (Lipinski definition) is 38. The largest absolute Gasteiger partial charge is 2.00 e. The van der Waals surface area contributed by atoms with Gasteiger partial charge in [-0.1, -0.05) is 0 Å². The number of unbranched alkanes of at least 4 members (excludes halogenated alkanes) is 8. The SMILES string of the molecule is O=[N+]([O-])c1cn(CCCCSC2=C(SCCCCn3cnc([N+](=O)[O-])c3)c3nc2nc2[n-]c(nc4nc(nc5[n-]c(n3)c(SCCCCn3cnc([N+](=O)[O-])c3)c5SCCCCn3cnc([N+](=O)[O-])c3)C(SCCCCn3cnc([N+](=O)[O-])c3)=C4SCCCCn3cnc([N+](=O)[O-])c3)c(SCCCCn3cnc([N+](=O)[O-])c3)c2SCCCCn2cnc([N+](=O)[O-])c2)cn1.[Mg+2]. The molecule has 0 aliphatic carbocycles. The van der Waals surface area contributed by atoms with Gasteiger partial charge in [-0.2, -0.15) is 0 Å². The second-order valence-corrected chi connectivity index (χ2v) is 37.2. The Morgan fingerprint density at radius 1 is 0.225 bits per heavy atom. The molecular formula is C72H80MgN32O16S8. The normalized spacial score (nSPS) is 12.1. The Morgan fingerprint density at radius 3 is 0.512 bits per heavy atom. The van der Waals surface area contributed by atoms with Crippen LogP contribution in [0.15, 0.2) is 120 Å². The molecule has 13 rings (SSSR count). The number of nitro groups is 8. The van der Waals surface area contributed by atoms with Crippen molar-refractivity contribution < 1.29 is 39.4 Å². The number of aryl methyl sites for hydroxylation is 8. The molecule has 0 aromatic carbocycles. The molecule has 13 heterocycles. The Hall–Kier alpha value is -11.2. The smallest absolute Gasteiger partial charge is 0.358 e.